The van der Waals surface area contributed by atoms with Crippen LogP contribution in [0.5, 0.6) is 0 Å². The van der Waals surface area contributed by atoms with Crippen molar-refractivity contribution in [3.05, 3.63) is 0 Å². The number of carboxylic acid groups (broad SMARTS) is 1. The first-order valence-corrected chi connectivity index (χ1v) is 28.7. The van der Waals surface area contributed by atoms with Crippen LogP contribution < -0.4 is 0 Å². The summed E-state index contributed by atoms with van der Waals surface area (Å²) in [6.45, 7) is 14.4. The van der Waals surface area contributed by atoms with Crippen LogP contribution in [-0.2, 0) is 76.8 Å². The van der Waals surface area contributed by atoms with E-state index in [4.69, 9.17) is 28.2 Å². The van der Waals surface area contributed by atoms with E-state index in [1.54, 1.807) is 0 Å². The second-order valence-corrected chi connectivity index (χ2v) is 28.8. The standard InChI is InChI=1S/C54H75F11O20S/c1-16-48(14,40(72)79-28-20-26(49(15,52(57,58)59)84-41(73)82-44(5,6)7)19-27(21-28)51(53(60,61)62,54(63,64)65)85-42(74)83-45(8,9)10)34-33(36(68)80-37(34)69)32-25-17-29(30(18-25)35(66)67)31(32)22-47(13,39(71)81-43(2,3)4)23-46(11,12)38(70)78-24-50(55,56)86(75,76)77/h25-34H,16-24H2,1-15H3,(H,66,67)(H,75,76,77). The molecule has 0 spiro atoms. The van der Waals surface area contributed by atoms with Gasteiger partial charge in [-0.25, -0.2) is 9.59 Å². The minimum absolute atomic E-state index is 0.0649. The van der Waals surface area contributed by atoms with E-state index in [2.05, 4.69) is 14.2 Å². The highest BCUT2D eigenvalue weighted by Crippen LogP contribution is 2.65. The van der Waals surface area contributed by atoms with Crippen LogP contribution in [0.2, 0.25) is 0 Å². The number of carboxylic acids is 1. The third-order valence-corrected chi connectivity index (χ3v) is 17.5. The molecular formula is C54H75F11O20S. The first-order chi connectivity index (χ1) is 38.2. The van der Waals surface area contributed by atoms with Crippen LogP contribution in [0.15, 0.2) is 0 Å². The summed E-state index contributed by atoms with van der Waals surface area (Å²) in [5, 5.41) is 5.46. The van der Waals surface area contributed by atoms with E-state index in [0.717, 1.165) is 41.5 Å². The van der Waals surface area contributed by atoms with E-state index < -0.39 is 231 Å². The summed E-state index contributed by atoms with van der Waals surface area (Å²) >= 11 is 0. The quantitative estimate of drug-likeness (QED) is 0.0399. The Morgan fingerprint density at radius 3 is 1.53 bits per heavy atom. The molecule has 3 saturated carbocycles. The van der Waals surface area contributed by atoms with Crippen LogP contribution in [-0.4, -0.2) is 131 Å². The minimum atomic E-state index is -6.76. The summed E-state index contributed by atoms with van der Waals surface area (Å²) in [6, 6.07) is 0. The summed E-state index contributed by atoms with van der Waals surface area (Å²) in [6.07, 6.45) is -33.8. The van der Waals surface area contributed by atoms with Gasteiger partial charge < -0.3 is 43.0 Å². The number of alkyl halides is 11. The van der Waals surface area contributed by atoms with Crippen molar-refractivity contribution in [1.82, 2.24) is 0 Å². The Morgan fingerprint density at radius 1 is 0.605 bits per heavy atom. The fraction of sp³-hybridized carbons (Fsp3) is 0.852. The van der Waals surface area contributed by atoms with Crippen molar-refractivity contribution < 1.29 is 143 Å². The molecule has 3 aliphatic carbocycles. The zero-order valence-corrected chi connectivity index (χ0v) is 50.8. The van der Waals surface area contributed by atoms with Crippen LogP contribution in [0, 0.1) is 69.5 Å². The zero-order valence-electron chi connectivity index (χ0n) is 49.9. The molecule has 32 heteroatoms. The molecule has 13 atom stereocenters. The molecule has 4 rings (SSSR count). The SMILES string of the molecule is CCC(C)(C(=O)OC1CC(C(C)(OC(=O)OC(C)(C)C)C(F)(F)F)CC(C(OC(=O)OC(C)(C)C)(C(F)(F)F)C(F)(F)F)C1)C1C(=O)OC(=O)C1C1C2CC(C(=O)O)C(C2)C1CC(C)(CC(C)(C)C(=O)OCC(F)(F)S(=O)(=O)O)C(=O)OC(C)(C)C. The number of carbonyl (C=O) groups excluding carboxylic acids is 7. The average Bonchev–Trinajstić information content (AvgIpc) is 1.31. The number of cyclic esters (lactones) is 2. The van der Waals surface area contributed by atoms with Crippen molar-refractivity contribution >= 4 is 58.2 Å². The van der Waals surface area contributed by atoms with Gasteiger partial charge in [0.1, 0.15) is 22.9 Å². The molecule has 1 saturated heterocycles. The van der Waals surface area contributed by atoms with Crippen LogP contribution in [0.25, 0.3) is 0 Å². The zero-order chi connectivity index (χ0) is 66.9. The number of fused-ring (bicyclic) bond motifs is 2. The molecule has 1 heterocycles. The molecule has 2 bridgehead atoms. The molecular weight excluding hydrogens is 1210 g/mol. The normalized spacial score (nSPS) is 27.6. The van der Waals surface area contributed by atoms with Crippen molar-refractivity contribution in [2.24, 2.45) is 69.5 Å². The molecule has 86 heavy (non-hydrogen) atoms. The summed E-state index contributed by atoms with van der Waals surface area (Å²) < 4.78 is 239. The monoisotopic (exact) mass is 1280 g/mol. The molecule has 13 unspecified atom stereocenters. The number of hydrogen-bond acceptors (Lipinski definition) is 18. The Labute approximate surface area is 489 Å². The maximum absolute atomic E-state index is 15.5. The van der Waals surface area contributed by atoms with E-state index in [1.807, 2.05) is 0 Å². The summed E-state index contributed by atoms with van der Waals surface area (Å²) in [5.41, 5.74) is -21.3. The molecule has 0 aromatic rings. The number of hydrogen-bond donors (Lipinski definition) is 2. The summed E-state index contributed by atoms with van der Waals surface area (Å²) in [7, 11) is -6.12. The number of ether oxygens (including phenoxy) is 8. The van der Waals surface area contributed by atoms with Crippen molar-refractivity contribution in [2.45, 2.75) is 213 Å². The molecule has 1 aliphatic heterocycles. The van der Waals surface area contributed by atoms with Gasteiger partial charge in [-0.05, 0) is 172 Å². The second kappa shape index (κ2) is 23.9. The largest absolute Gasteiger partial charge is 0.510 e. The molecule has 20 nitrogen and oxygen atoms in total. The lowest BCUT2D eigenvalue weighted by atomic mass is 9.57. The topological polar surface area (TPSA) is 285 Å². The van der Waals surface area contributed by atoms with Crippen LogP contribution in [0.3, 0.4) is 0 Å². The number of rotatable bonds is 19. The first kappa shape index (κ1) is 73.2. The van der Waals surface area contributed by atoms with E-state index in [0.29, 0.717) is 0 Å². The first-order valence-electron chi connectivity index (χ1n) is 27.2. The molecule has 0 amide bonds. The molecule has 4 aliphatic rings. The van der Waals surface area contributed by atoms with Gasteiger partial charge in [0.25, 0.3) is 0 Å². The predicted molar refractivity (Wildman–Crippen MR) is 270 cm³/mol. The van der Waals surface area contributed by atoms with Gasteiger partial charge in [-0.1, -0.05) is 6.92 Å². The van der Waals surface area contributed by atoms with E-state index in [-0.39, 0.29) is 19.8 Å². The van der Waals surface area contributed by atoms with Gasteiger partial charge in [-0.15, -0.1) is 0 Å². The molecule has 0 aromatic heterocycles. The summed E-state index contributed by atoms with van der Waals surface area (Å²) in [5.74, 6) is -24.5. The van der Waals surface area contributed by atoms with Gasteiger partial charge in [-0.2, -0.15) is 56.7 Å². The van der Waals surface area contributed by atoms with Crippen molar-refractivity contribution in [3.8, 4) is 0 Å². The maximum Gasteiger partial charge on any atom is 0.510 e. The fourth-order valence-corrected chi connectivity index (χ4v) is 13.0. The fourth-order valence-electron chi connectivity index (χ4n) is 12.8. The summed E-state index contributed by atoms with van der Waals surface area (Å²) in [4.78, 5) is 111. The molecule has 4 fully saturated rings. The lowest BCUT2D eigenvalue weighted by Gasteiger charge is -2.49. The van der Waals surface area contributed by atoms with Crippen molar-refractivity contribution in [1.29, 1.82) is 0 Å². The van der Waals surface area contributed by atoms with Crippen LogP contribution in [0.4, 0.5) is 57.9 Å². The number of aliphatic carboxylic acids is 1. The Balaban J connectivity index is 1.93. The van der Waals surface area contributed by atoms with Gasteiger partial charge in [-0.3, -0.25) is 33.3 Å². The average molecular weight is 1290 g/mol. The minimum Gasteiger partial charge on any atom is -0.481 e. The van der Waals surface area contributed by atoms with Gasteiger partial charge in [0.05, 0.1) is 34.0 Å². The number of esters is 5. The maximum atomic E-state index is 15.5. The highest BCUT2D eigenvalue weighted by Gasteiger charge is 2.79. The molecule has 2 N–H and O–H groups in total. The van der Waals surface area contributed by atoms with E-state index in [1.165, 1.54) is 55.4 Å². The lowest BCUT2D eigenvalue weighted by molar-refractivity contribution is -0.392. The van der Waals surface area contributed by atoms with Crippen LogP contribution >= 0.6 is 0 Å². The highest BCUT2D eigenvalue weighted by atomic mass is 32.2. The van der Waals surface area contributed by atoms with Crippen molar-refractivity contribution in [3.63, 3.8) is 0 Å². The van der Waals surface area contributed by atoms with Crippen molar-refractivity contribution in [2.75, 3.05) is 6.61 Å². The van der Waals surface area contributed by atoms with Gasteiger partial charge in [0.15, 0.2) is 6.61 Å². The van der Waals surface area contributed by atoms with Gasteiger partial charge >= 0.3 is 87.6 Å². The Bertz CT molecular complexity index is 2710. The van der Waals surface area contributed by atoms with E-state index >= 15 is 44.3 Å². The van der Waals surface area contributed by atoms with Crippen LogP contribution in [0.1, 0.15) is 155 Å². The van der Waals surface area contributed by atoms with Gasteiger partial charge in [0, 0.05) is 11.8 Å². The number of halogens is 11. The Hall–Kier alpha value is -5.30. The third-order valence-electron chi connectivity index (χ3n) is 16.7. The predicted octanol–water partition coefficient (Wildman–Crippen LogP) is 11.3. The third kappa shape index (κ3) is 15.4. The Kier molecular flexibility index (Phi) is 20.3. The lowest BCUT2D eigenvalue weighted by Crippen LogP contribution is -2.67. The smallest absolute Gasteiger partial charge is 0.481 e. The Morgan fingerprint density at radius 2 is 1.09 bits per heavy atom. The highest BCUT2D eigenvalue weighted by molar-refractivity contribution is 7.86. The van der Waals surface area contributed by atoms with Gasteiger partial charge in [0.2, 0.25) is 5.60 Å². The van der Waals surface area contributed by atoms with E-state index in [9.17, 15) is 55.9 Å². The molecule has 0 radical (unpaired) electrons. The molecule has 494 valence electrons. The molecule has 0 aromatic carbocycles. The second-order valence-electron chi connectivity index (χ2n) is 27.2. The number of carbonyl (C=O) groups is 8.